The number of aromatic nitrogens is 1. The van der Waals surface area contributed by atoms with Crippen LogP contribution < -0.4 is 5.73 Å². The van der Waals surface area contributed by atoms with Crippen LogP contribution in [0.1, 0.15) is 24.5 Å². The van der Waals surface area contributed by atoms with Gasteiger partial charge in [-0.1, -0.05) is 49.7 Å². The molecule has 0 unspecified atom stereocenters. The number of nitrogens with zero attached hydrogens (tertiary/aromatic N) is 2. The molecule has 1 heterocycles. The summed E-state index contributed by atoms with van der Waals surface area (Å²) >= 11 is 0. The minimum atomic E-state index is -0.323. The first-order valence-corrected chi connectivity index (χ1v) is 8.18. The number of pyridine rings is 1. The van der Waals surface area contributed by atoms with Crippen molar-refractivity contribution in [3.8, 4) is 28.5 Å². The molecule has 0 spiro atoms. The summed E-state index contributed by atoms with van der Waals surface area (Å²) in [5.74, 6) is -0.145. The van der Waals surface area contributed by atoms with Gasteiger partial charge >= 0.3 is 0 Å². The van der Waals surface area contributed by atoms with Crippen LogP contribution in [0.3, 0.4) is 0 Å². The molecule has 0 amide bonds. The SMILES string of the molecule is CCCc1ccc(-c2cc(-c3ccc(F)cc3)c(C#N)c(N)n2)cc1. The quantitative estimate of drug-likeness (QED) is 0.735. The zero-order valence-corrected chi connectivity index (χ0v) is 14.0. The van der Waals surface area contributed by atoms with Gasteiger partial charge < -0.3 is 5.73 Å². The van der Waals surface area contributed by atoms with Crippen LogP contribution in [0.4, 0.5) is 10.2 Å². The molecule has 2 aromatic carbocycles. The molecule has 0 aliphatic carbocycles. The predicted molar refractivity (Wildman–Crippen MR) is 98.2 cm³/mol. The number of halogens is 1. The first-order valence-electron chi connectivity index (χ1n) is 8.18. The minimum Gasteiger partial charge on any atom is -0.383 e. The van der Waals surface area contributed by atoms with Crippen LogP contribution in [0.15, 0.2) is 54.6 Å². The summed E-state index contributed by atoms with van der Waals surface area (Å²) in [6.45, 7) is 2.14. The van der Waals surface area contributed by atoms with Crippen molar-refractivity contribution in [2.24, 2.45) is 0 Å². The highest BCUT2D eigenvalue weighted by molar-refractivity contribution is 5.80. The Bertz CT molecular complexity index is 923. The van der Waals surface area contributed by atoms with Gasteiger partial charge in [0.2, 0.25) is 0 Å². The summed E-state index contributed by atoms with van der Waals surface area (Å²) in [5, 5.41) is 9.43. The average Bonchev–Trinajstić information content (AvgIpc) is 2.62. The number of benzene rings is 2. The topological polar surface area (TPSA) is 62.7 Å². The highest BCUT2D eigenvalue weighted by Gasteiger charge is 2.13. The summed E-state index contributed by atoms with van der Waals surface area (Å²) in [6, 6.07) is 18.1. The van der Waals surface area contributed by atoms with Crippen molar-refractivity contribution in [1.82, 2.24) is 4.98 Å². The van der Waals surface area contributed by atoms with Crippen LogP contribution in [-0.4, -0.2) is 4.98 Å². The molecule has 0 atom stereocenters. The Labute approximate surface area is 146 Å². The molecule has 4 heteroatoms. The van der Waals surface area contributed by atoms with Gasteiger partial charge in [-0.05, 0) is 35.7 Å². The molecule has 0 bridgehead atoms. The second-order valence-corrected chi connectivity index (χ2v) is 5.88. The normalized spacial score (nSPS) is 10.4. The third-order valence-corrected chi connectivity index (χ3v) is 4.10. The molecule has 3 aromatic rings. The number of nitrogen functional groups attached to an aromatic ring is 1. The molecule has 0 fully saturated rings. The first-order chi connectivity index (χ1) is 12.1. The summed E-state index contributed by atoms with van der Waals surface area (Å²) in [5.41, 5.74) is 10.6. The zero-order valence-electron chi connectivity index (χ0n) is 14.0. The Hall–Kier alpha value is -3.19. The standard InChI is InChI=1S/C21H18FN3/c1-2-3-14-4-6-16(7-5-14)20-12-18(19(13-23)21(24)25-20)15-8-10-17(22)11-9-15/h4-12H,2-3H2,1H3,(H2,24,25). The van der Waals surface area contributed by atoms with Crippen LogP contribution in [0, 0.1) is 17.1 Å². The smallest absolute Gasteiger partial charge is 0.142 e. The fourth-order valence-electron chi connectivity index (χ4n) is 2.82. The fraction of sp³-hybridized carbons (Fsp3) is 0.143. The van der Waals surface area contributed by atoms with E-state index in [4.69, 9.17) is 5.73 Å². The number of aryl methyl sites for hydroxylation is 1. The van der Waals surface area contributed by atoms with E-state index in [9.17, 15) is 9.65 Å². The lowest BCUT2D eigenvalue weighted by Gasteiger charge is -2.11. The second-order valence-electron chi connectivity index (χ2n) is 5.88. The summed E-state index contributed by atoms with van der Waals surface area (Å²) in [6.07, 6.45) is 2.13. The van der Waals surface area contributed by atoms with E-state index in [0.717, 1.165) is 24.0 Å². The lowest BCUT2D eigenvalue weighted by molar-refractivity contribution is 0.628. The van der Waals surface area contributed by atoms with Crippen molar-refractivity contribution >= 4 is 5.82 Å². The molecule has 2 N–H and O–H groups in total. The minimum absolute atomic E-state index is 0.178. The van der Waals surface area contributed by atoms with Crippen molar-refractivity contribution < 1.29 is 4.39 Å². The Morgan fingerprint density at radius 1 is 1.04 bits per heavy atom. The average molecular weight is 331 g/mol. The van der Waals surface area contributed by atoms with Crippen molar-refractivity contribution in [2.45, 2.75) is 19.8 Å². The van der Waals surface area contributed by atoms with E-state index in [-0.39, 0.29) is 11.6 Å². The Morgan fingerprint density at radius 2 is 1.68 bits per heavy atom. The molecule has 0 saturated carbocycles. The van der Waals surface area contributed by atoms with Crippen LogP contribution in [-0.2, 0) is 6.42 Å². The van der Waals surface area contributed by atoms with E-state index in [1.54, 1.807) is 12.1 Å². The van der Waals surface area contributed by atoms with E-state index >= 15 is 0 Å². The van der Waals surface area contributed by atoms with Gasteiger partial charge in [0.15, 0.2) is 0 Å². The Kier molecular flexibility index (Phi) is 4.76. The fourth-order valence-corrected chi connectivity index (χ4v) is 2.82. The molecular formula is C21H18FN3. The molecule has 124 valence electrons. The molecule has 3 rings (SSSR count). The van der Waals surface area contributed by atoms with Gasteiger partial charge in [0.1, 0.15) is 23.3 Å². The third-order valence-electron chi connectivity index (χ3n) is 4.10. The van der Waals surface area contributed by atoms with E-state index in [0.29, 0.717) is 16.8 Å². The molecular weight excluding hydrogens is 313 g/mol. The molecule has 0 radical (unpaired) electrons. The van der Waals surface area contributed by atoms with Crippen LogP contribution in [0.5, 0.6) is 0 Å². The lowest BCUT2D eigenvalue weighted by Crippen LogP contribution is -2.00. The van der Waals surface area contributed by atoms with E-state index in [1.807, 2.05) is 18.2 Å². The number of hydrogen-bond donors (Lipinski definition) is 1. The molecule has 0 saturated heterocycles. The van der Waals surface area contributed by atoms with Gasteiger partial charge in [-0.25, -0.2) is 9.37 Å². The predicted octanol–water partition coefficient (Wildman–Crippen LogP) is 4.96. The maximum absolute atomic E-state index is 13.2. The van der Waals surface area contributed by atoms with Crippen LogP contribution in [0.2, 0.25) is 0 Å². The molecule has 3 nitrogen and oxygen atoms in total. The summed E-state index contributed by atoms with van der Waals surface area (Å²) in [7, 11) is 0. The summed E-state index contributed by atoms with van der Waals surface area (Å²) < 4.78 is 13.2. The second kappa shape index (κ2) is 7.14. The van der Waals surface area contributed by atoms with Gasteiger partial charge in [0.05, 0.1) is 5.69 Å². The highest BCUT2D eigenvalue weighted by atomic mass is 19.1. The van der Waals surface area contributed by atoms with E-state index < -0.39 is 0 Å². The van der Waals surface area contributed by atoms with Gasteiger partial charge in [-0.15, -0.1) is 0 Å². The Balaban J connectivity index is 2.10. The van der Waals surface area contributed by atoms with Gasteiger partial charge in [0.25, 0.3) is 0 Å². The van der Waals surface area contributed by atoms with Gasteiger partial charge in [-0.2, -0.15) is 5.26 Å². The van der Waals surface area contributed by atoms with Gasteiger partial charge in [0, 0.05) is 11.1 Å². The van der Waals surface area contributed by atoms with Crippen molar-refractivity contribution in [3.05, 3.63) is 71.5 Å². The number of nitrogens with two attached hydrogens (primary N) is 1. The lowest BCUT2D eigenvalue weighted by atomic mass is 9.98. The number of anilines is 1. The number of rotatable bonds is 4. The molecule has 0 aliphatic rings. The van der Waals surface area contributed by atoms with Gasteiger partial charge in [-0.3, -0.25) is 0 Å². The third kappa shape index (κ3) is 3.51. The first kappa shape index (κ1) is 16.7. The van der Waals surface area contributed by atoms with E-state index in [2.05, 4.69) is 30.1 Å². The van der Waals surface area contributed by atoms with Crippen molar-refractivity contribution in [3.63, 3.8) is 0 Å². The largest absolute Gasteiger partial charge is 0.383 e. The summed E-state index contributed by atoms with van der Waals surface area (Å²) in [4.78, 5) is 4.37. The monoisotopic (exact) mass is 331 g/mol. The van der Waals surface area contributed by atoms with E-state index in [1.165, 1.54) is 17.7 Å². The maximum atomic E-state index is 13.2. The zero-order chi connectivity index (χ0) is 17.8. The molecule has 0 aliphatic heterocycles. The van der Waals surface area contributed by atoms with Crippen molar-refractivity contribution in [2.75, 3.05) is 5.73 Å². The number of nitriles is 1. The molecule has 1 aromatic heterocycles. The Morgan fingerprint density at radius 3 is 2.28 bits per heavy atom. The van der Waals surface area contributed by atoms with Crippen LogP contribution in [0.25, 0.3) is 22.4 Å². The number of hydrogen-bond acceptors (Lipinski definition) is 3. The van der Waals surface area contributed by atoms with Crippen molar-refractivity contribution in [1.29, 1.82) is 5.26 Å². The highest BCUT2D eigenvalue weighted by Crippen LogP contribution is 2.31. The molecule has 25 heavy (non-hydrogen) atoms. The van der Waals surface area contributed by atoms with Crippen LogP contribution >= 0.6 is 0 Å². The maximum Gasteiger partial charge on any atom is 0.142 e.